The Hall–Kier alpha value is -1.10. The number of nitrogens with zero attached hydrogens (tertiary/aromatic N) is 1. The highest BCUT2D eigenvalue weighted by molar-refractivity contribution is 5.32. The first-order valence-electron chi connectivity index (χ1n) is 7.57. The van der Waals surface area contributed by atoms with Crippen molar-refractivity contribution < 1.29 is 9.84 Å². The zero-order valence-electron chi connectivity index (χ0n) is 12.3. The largest absolute Gasteiger partial charge is 0.491 e. The molecule has 0 aromatic heterocycles. The van der Waals surface area contributed by atoms with Gasteiger partial charge in [-0.05, 0) is 31.9 Å². The van der Waals surface area contributed by atoms with E-state index in [1.165, 1.54) is 12.8 Å². The predicted molar refractivity (Wildman–Crippen MR) is 80.7 cm³/mol. The standard InChI is InChI=1S/C16H26N2O2/c1-2-14-7-5-9-18(14)11-15(19)12-20-16-8-4-3-6-13(16)10-17/h3-4,6,8,14-15,19H,2,5,7,9-12,17H2,1H3. The van der Waals surface area contributed by atoms with Crippen LogP contribution in [0.4, 0.5) is 0 Å². The van der Waals surface area contributed by atoms with Crippen molar-refractivity contribution in [2.75, 3.05) is 19.7 Å². The fourth-order valence-electron chi connectivity index (χ4n) is 2.92. The van der Waals surface area contributed by atoms with Gasteiger partial charge in [0.15, 0.2) is 0 Å². The summed E-state index contributed by atoms with van der Waals surface area (Å²) < 4.78 is 5.71. The first-order chi connectivity index (χ1) is 9.74. The summed E-state index contributed by atoms with van der Waals surface area (Å²) in [5, 5.41) is 10.1. The van der Waals surface area contributed by atoms with Crippen LogP contribution in [0.3, 0.4) is 0 Å². The van der Waals surface area contributed by atoms with Gasteiger partial charge < -0.3 is 15.6 Å². The minimum Gasteiger partial charge on any atom is -0.491 e. The van der Waals surface area contributed by atoms with Crippen LogP contribution < -0.4 is 10.5 Å². The van der Waals surface area contributed by atoms with Crippen LogP contribution in [0.2, 0.25) is 0 Å². The van der Waals surface area contributed by atoms with Crippen LogP contribution in [0, 0.1) is 0 Å². The summed E-state index contributed by atoms with van der Waals surface area (Å²) in [4.78, 5) is 2.38. The molecule has 4 nitrogen and oxygen atoms in total. The second-order valence-corrected chi connectivity index (χ2v) is 5.48. The molecule has 0 aliphatic carbocycles. The molecule has 1 aromatic carbocycles. The van der Waals surface area contributed by atoms with Gasteiger partial charge in [-0.1, -0.05) is 25.1 Å². The molecule has 1 aromatic rings. The summed E-state index contributed by atoms with van der Waals surface area (Å²) in [5.41, 5.74) is 6.65. The topological polar surface area (TPSA) is 58.7 Å². The van der Waals surface area contributed by atoms with E-state index in [9.17, 15) is 5.11 Å². The Morgan fingerprint density at radius 2 is 2.25 bits per heavy atom. The zero-order chi connectivity index (χ0) is 14.4. The number of β-amino-alcohol motifs (C(OH)–C–C–N with tert-alkyl or cyclic N) is 1. The molecule has 3 N–H and O–H groups in total. The molecule has 2 unspecified atom stereocenters. The van der Waals surface area contributed by atoms with Crippen molar-refractivity contribution in [2.45, 2.75) is 44.9 Å². The highest BCUT2D eigenvalue weighted by Gasteiger charge is 2.24. The molecule has 1 heterocycles. The Labute approximate surface area is 121 Å². The number of aliphatic hydroxyl groups is 1. The number of rotatable bonds is 7. The Balaban J connectivity index is 1.81. The van der Waals surface area contributed by atoms with Crippen molar-refractivity contribution in [1.82, 2.24) is 4.90 Å². The number of nitrogens with two attached hydrogens (primary N) is 1. The van der Waals surface area contributed by atoms with Crippen molar-refractivity contribution in [1.29, 1.82) is 0 Å². The van der Waals surface area contributed by atoms with E-state index < -0.39 is 6.10 Å². The zero-order valence-corrected chi connectivity index (χ0v) is 12.3. The molecule has 1 saturated heterocycles. The number of para-hydroxylation sites is 1. The molecule has 1 aliphatic heterocycles. The fraction of sp³-hybridized carbons (Fsp3) is 0.625. The molecular formula is C16H26N2O2. The maximum Gasteiger partial charge on any atom is 0.123 e. The maximum atomic E-state index is 10.1. The average molecular weight is 278 g/mol. The van der Waals surface area contributed by atoms with Gasteiger partial charge in [0.05, 0.1) is 0 Å². The van der Waals surface area contributed by atoms with Gasteiger partial charge in [0, 0.05) is 24.7 Å². The summed E-state index contributed by atoms with van der Waals surface area (Å²) in [7, 11) is 0. The van der Waals surface area contributed by atoms with Crippen LogP contribution in [0.25, 0.3) is 0 Å². The van der Waals surface area contributed by atoms with Crippen molar-refractivity contribution in [3.05, 3.63) is 29.8 Å². The Morgan fingerprint density at radius 3 is 3.00 bits per heavy atom. The first kappa shape index (κ1) is 15.3. The van der Waals surface area contributed by atoms with Crippen LogP contribution in [-0.4, -0.2) is 41.8 Å². The van der Waals surface area contributed by atoms with E-state index in [2.05, 4.69) is 11.8 Å². The molecule has 0 bridgehead atoms. The fourth-order valence-corrected chi connectivity index (χ4v) is 2.92. The lowest BCUT2D eigenvalue weighted by atomic mass is 10.1. The molecule has 0 spiro atoms. The van der Waals surface area contributed by atoms with Gasteiger partial charge in [0.25, 0.3) is 0 Å². The van der Waals surface area contributed by atoms with Crippen molar-refractivity contribution in [3.63, 3.8) is 0 Å². The second-order valence-electron chi connectivity index (χ2n) is 5.48. The Kier molecular flexibility index (Phi) is 5.83. The minimum atomic E-state index is -0.451. The van der Waals surface area contributed by atoms with Crippen LogP contribution >= 0.6 is 0 Å². The third-order valence-corrected chi connectivity index (χ3v) is 4.04. The summed E-state index contributed by atoms with van der Waals surface area (Å²) in [6.07, 6.45) is 3.19. The lowest BCUT2D eigenvalue weighted by Crippen LogP contribution is -2.38. The quantitative estimate of drug-likeness (QED) is 0.798. The van der Waals surface area contributed by atoms with Gasteiger partial charge in [0.2, 0.25) is 0 Å². The molecule has 2 atom stereocenters. The summed E-state index contributed by atoms with van der Waals surface area (Å²) in [5.74, 6) is 0.780. The van der Waals surface area contributed by atoms with E-state index in [1.807, 2.05) is 24.3 Å². The van der Waals surface area contributed by atoms with Crippen LogP contribution in [-0.2, 0) is 6.54 Å². The van der Waals surface area contributed by atoms with Crippen LogP contribution in [0.1, 0.15) is 31.7 Å². The molecular weight excluding hydrogens is 252 g/mol. The van der Waals surface area contributed by atoms with Gasteiger partial charge in [-0.25, -0.2) is 0 Å². The lowest BCUT2D eigenvalue weighted by Gasteiger charge is -2.26. The van der Waals surface area contributed by atoms with Gasteiger partial charge in [-0.15, -0.1) is 0 Å². The number of benzene rings is 1. The smallest absolute Gasteiger partial charge is 0.123 e. The average Bonchev–Trinajstić information content (AvgIpc) is 2.92. The third kappa shape index (κ3) is 3.95. The van der Waals surface area contributed by atoms with E-state index in [-0.39, 0.29) is 0 Å². The first-order valence-corrected chi connectivity index (χ1v) is 7.57. The van der Waals surface area contributed by atoms with Gasteiger partial charge in [0.1, 0.15) is 18.5 Å². The molecule has 1 aliphatic rings. The molecule has 0 amide bonds. The van der Waals surface area contributed by atoms with E-state index in [0.717, 1.165) is 24.3 Å². The monoisotopic (exact) mass is 278 g/mol. The molecule has 112 valence electrons. The number of ether oxygens (including phenoxy) is 1. The van der Waals surface area contributed by atoms with E-state index in [4.69, 9.17) is 10.5 Å². The number of hydrogen-bond acceptors (Lipinski definition) is 4. The molecule has 0 saturated carbocycles. The van der Waals surface area contributed by atoms with Gasteiger partial charge >= 0.3 is 0 Å². The summed E-state index contributed by atoms with van der Waals surface area (Å²) >= 11 is 0. The van der Waals surface area contributed by atoms with E-state index in [0.29, 0.717) is 25.7 Å². The van der Waals surface area contributed by atoms with Crippen LogP contribution in [0.5, 0.6) is 5.75 Å². The van der Waals surface area contributed by atoms with Gasteiger partial charge in [-0.2, -0.15) is 0 Å². The van der Waals surface area contributed by atoms with Crippen molar-refractivity contribution >= 4 is 0 Å². The number of hydrogen-bond donors (Lipinski definition) is 2. The lowest BCUT2D eigenvalue weighted by molar-refractivity contribution is 0.0631. The molecule has 1 fully saturated rings. The Bertz CT molecular complexity index is 411. The maximum absolute atomic E-state index is 10.1. The molecule has 2 rings (SSSR count). The Morgan fingerprint density at radius 1 is 1.45 bits per heavy atom. The highest BCUT2D eigenvalue weighted by atomic mass is 16.5. The number of likely N-dealkylation sites (tertiary alicyclic amines) is 1. The minimum absolute atomic E-state index is 0.323. The van der Waals surface area contributed by atoms with Gasteiger partial charge in [-0.3, -0.25) is 4.90 Å². The third-order valence-electron chi connectivity index (χ3n) is 4.04. The van der Waals surface area contributed by atoms with Crippen molar-refractivity contribution in [3.8, 4) is 5.75 Å². The van der Waals surface area contributed by atoms with Crippen LogP contribution in [0.15, 0.2) is 24.3 Å². The van der Waals surface area contributed by atoms with E-state index in [1.54, 1.807) is 0 Å². The van der Waals surface area contributed by atoms with Crippen molar-refractivity contribution in [2.24, 2.45) is 5.73 Å². The highest BCUT2D eigenvalue weighted by Crippen LogP contribution is 2.21. The second kappa shape index (κ2) is 7.62. The molecule has 20 heavy (non-hydrogen) atoms. The summed E-state index contributed by atoms with van der Waals surface area (Å²) in [6.45, 7) is 4.78. The van der Waals surface area contributed by atoms with E-state index >= 15 is 0 Å². The summed E-state index contributed by atoms with van der Waals surface area (Å²) in [6, 6.07) is 8.35. The number of aliphatic hydroxyl groups excluding tert-OH is 1. The normalized spacial score (nSPS) is 21.1. The molecule has 4 heteroatoms. The molecule has 0 radical (unpaired) electrons. The predicted octanol–water partition coefficient (Wildman–Crippen LogP) is 1.76. The SMILES string of the molecule is CCC1CCCN1CC(O)COc1ccccc1CN.